The minimum atomic E-state index is -0.876. The summed E-state index contributed by atoms with van der Waals surface area (Å²) in [6.45, 7) is 6.18. The highest BCUT2D eigenvalue weighted by atomic mass is 16.6. The largest absolute Gasteiger partial charge is 0.493 e. The van der Waals surface area contributed by atoms with Crippen molar-refractivity contribution in [2.45, 2.75) is 252 Å². The van der Waals surface area contributed by atoms with E-state index in [9.17, 15) is 24.0 Å². The molecule has 0 saturated carbocycles. The van der Waals surface area contributed by atoms with Gasteiger partial charge in [0.25, 0.3) is 0 Å². The van der Waals surface area contributed by atoms with Crippen molar-refractivity contribution >= 4 is 30.2 Å². The highest BCUT2D eigenvalue weighted by molar-refractivity contribution is 5.80. The third-order valence-corrected chi connectivity index (χ3v) is 12.6. The van der Waals surface area contributed by atoms with Crippen molar-refractivity contribution in [2.24, 2.45) is 5.92 Å². The fraction of sp³-hybridized carbons (Fsp3) is 0.746. The first-order chi connectivity index (χ1) is 34.2. The summed E-state index contributed by atoms with van der Waals surface area (Å²) in [7, 11) is 2.85. The van der Waals surface area contributed by atoms with Crippen LogP contribution in [0.3, 0.4) is 0 Å². The van der Waals surface area contributed by atoms with Crippen LogP contribution < -0.4 is 14.2 Å². The van der Waals surface area contributed by atoms with Gasteiger partial charge in [-0.3, -0.25) is 24.0 Å². The van der Waals surface area contributed by atoms with Gasteiger partial charge in [-0.15, -0.1) is 0 Å². The van der Waals surface area contributed by atoms with Gasteiger partial charge in [0.1, 0.15) is 19.5 Å². The maximum absolute atomic E-state index is 13.1. The summed E-state index contributed by atoms with van der Waals surface area (Å²) < 4.78 is 33.0. The van der Waals surface area contributed by atoms with E-state index in [4.69, 9.17) is 28.4 Å². The molecule has 0 bridgehead atoms. The normalized spacial score (nSPS) is 11.9. The van der Waals surface area contributed by atoms with E-state index in [0.717, 1.165) is 103 Å². The summed E-state index contributed by atoms with van der Waals surface area (Å²) in [6, 6.07) is 2.98. The number of carbonyl (C=O) groups excluding carboxylic acids is 5. The molecular weight excluding hydrogens is 885 g/mol. The van der Waals surface area contributed by atoms with Gasteiger partial charge in [-0.25, -0.2) is 0 Å². The van der Waals surface area contributed by atoms with Crippen LogP contribution in [0.15, 0.2) is 36.4 Å². The van der Waals surface area contributed by atoms with Crippen molar-refractivity contribution in [1.29, 1.82) is 0 Å². The molecule has 1 rings (SSSR count). The Balaban J connectivity index is 2.46. The Hall–Kier alpha value is -4.15. The first-order valence-electron chi connectivity index (χ1n) is 27.9. The number of hydrogen-bond acceptors (Lipinski definition) is 11. The maximum atomic E-state index is 13.1. The Morgan fingerprint density at radius 2 is 0.857 bits per heavy atom. The minimum absolute atomic E-state index is 0.0414. The molecule has 0 amide bonds. The van der Waals surface area contributed by atoms with Gasteiger partial charge in [-0.05, 0) is 88.7 Å². The Labute approximate surface area is 425 Å². The fourth-order valence-corrected chi connectivity index (χ4v) is 8.28. The lowest BCUT2D eigenvalue weighted by Crippen LogP contribution is -2.31. The molecule has 0 N–H and O–H groups in total. The number of ether oxygens (including phenoxy) is 6. The van der Waals surface area contributed by atoms with Gasteiger partial charge in [0.2, 0.25) is 5.75 Å². The number of hydrogen-bond donors (Lipinski definition) is 0. The van der Waals surface area contributed by atoms with Gasteiger partial charge >= 0.3 is 23.9 Å². The standard InChI is InChI=1S/C59H98O11/c1-6-8-10-12-14-16-18-20-22-24-26-28-30-32-37-41-55(61)67-48-52(49-68-56(62)42-38-33-31-29-27-25-23-21-19-17-15-13-11-9-7-2)69-58(64)44-50(3)40-36-34-35-39-43-57(63)70-59-53(65-4)45-51(47-60)46-54(59)66-5/h20-23,45-47,50,52H,6-19,24-44,48-49H2,1-5H3/b22-20-,23-21-. The van der Waals surface area contributed by atoms with Crippen molar-refractivity contribution < 1.29 is 52.4 Å². The van der Waals surface area contributed by atoms with Crippen LogP contribution in [0.2, 0.25) is 0 Å². The molecule has 0 aliphatic heterocycles. The van der Waals surface area contributed by atoms with Crippen LogP contribution in [-0.2, 0) is 33.4 Å². The molecule has 0 aliphatic carbocycles. The molecule has 0 aromatic heterocycles. The molecule has 1 aromatic carbocycles. The summed E-state index contributed by atoms with van der Waals surface area (Å²) in [5, 5.41) is 0. The molecule has 0 fully saturated rings. The zero-order valence-electron chi connectivity index (χ0n) is 44.8. The Morgan fingerprint density at radius 3 is 1.26 bits per heavy atom. The lowest BCUT2D eigenvalue weighted by atomic mass is 9.99. The van der Waals surface area contributed by atoms with Gasteiger partial charge in [-0.1, -0.05) is 173 Å². The molecule has 1 unspecified atom stereocenters. The first-order valence-corrected chi connectivity index (χ1v) is 27.9. The molecule has 400 valence electrons. The van der Waals surface area contributed by atoms with Crippen molar-refractivity contribution in [3.8, 4) is 17.2 Å². The molecule has 1 atom stereocenters. The summed E-state index contributed by atoms with van der Waals surface area (Å²) in [6.07, 6.45) is 44.6. The van der Waals surface area contributed by atoms with Crippen molar-refractivity contribution in [1.82, 2.24) is 0 Å². The van der Waals surface area contributed by atoms with E-state index in [1.165, 1.54) is 116 Å². The molecule has 0 radical (unpaired) electrons. The molecule has 0 spiro atoms. The SMILES string of the molecule is CCCCCCCC/C=C\CCCCCCCC(=O)OCC(COC(=O)CCCCCCC/C=C\CCCCCCCC)OC(=O)CC(C)CCCCCCC(=O)Oc1c(OC)cc(C=O)cc1OC. The van der Waals surface area contributed by atoms with Crippen LogP contribution >= 0.6 is 0 Å². The number of rotatable bonds is 48. The number of aldehydes is 1. The molecule has 0 heterocycles. The number of allylic oxidation sites excluding steroid dienone is 4. The highest BCUT2D eigenvalue weighted by Gasteiger charge is 2.22. The van der Waals surface area contributed by atoms with Crippen LogP contribution in [0.5, 0.6) is 17.2 Å². The summed E-state index contributed by atoms with van der Waals surface area (Å²) >= 11 is 0. The van der Waals surface area contributed by atoms with E-state index in [2.05, 4.69) is 38.2 Å². The number of carbonyl (C=O) groups is 5. The lowest BCUT2D eigenvalue weighted by molar-refractivity contribution is -0.167. The van der Waals surface area contributed by atoms with E-state index in [1.807, 2.05) is 6.92 Å². The zero-order chi connectivity index (χ0) is 51.1. The van der Waals surface area contributed by atoms with E-state index in [1.54, 1.807) is 0 Å². The lowest BCUT2D eigenvalue weighted by Gasteiger charge is -2.19. The topological polar surface area (TPSA) is 141 Å². The van der Waals surface area contributed by atoms with Crippen LogP contribution in [-0.4, -0.2) is 63.7 Å². The quantitative estimate of drug-likeness (QED) is 0.0154. The molecule has 11 heteroatoms. The summed E-state index contributed by atoms with van der Waals surface area (Å²) in [5.41, 5.74) is 0.343. The van der Waals surface area contributed by atoms with E-state index in [-0.39, 0.29) is 61.2 Å². The number of methoxy groups -OCH3 is 2. The molecule has 1 aromatic rings. The van der Waals surface area contributed by atoms with Gasteiger partial charge in [0.05, 0.1) is 14.2 Å². The monoisotopic (exact) mass is 983 g/mol. The van der Waals surface area contributed by atoms with Gasteiger partial charge in [0, 0.05) is 31.2 Å². The third-order valence-electron chi connectivity index (χ3n) is 12.6. The smallest absolute Gasteiger partial charge is 0.311 e. The van der Waals surface area contributed by atoms with Crippen LogP contribution in [0.1, 0.15) is 256 Å². The van der Waals surface area contributed by atoms with Gasteiger partial charge in [0.15, 0.2) is 17.6 Å². The zero-order valence-corrected chi connectivity index (χ0v) is 44.8. The Kier molecular flexibility index (Phi) is 41.9. The number of unbranched alkanes of at least 4 members (excludes halogenated alkanes) is 25. The van der Waals surface area contributed by atoms with Gasteiger partial charge in [-0.2, -0.15) is 0 Å². The predicted octanol–water partition coefficient (Wildman–Crippen LogP) is 15.9. The van der Waals surface area contributed by atoms with Crippen LogP contribution in [0.25, 0.3) is 0 Å². The van der Waals surface area contributed by atoms with E-state index >= 15 is 0 Å². The molecule has 70 heavy (non-hydrogen) atoms. The molecule has 0 saturated heterocycles. The maximum Gasteiger partial charge on any atom is 0.311 e. The van der Waals surface area contributed by atoms with E-state index in [0.29, 0.717) is 31.1 Å². The Morgan fingerprint density at radius 1 is 0.486 bits per heavy atom. The minimum Gasteiger partial charge on any atom is -0.493 e. The molecule has 11 nitrogen and oxygen atoms in total. The predicted molar refractivity (Wildman–Crippen MR) is 283 cm³/mol. The molecular formula is C59H98O11. The number of benzene rings is 1. The van der Waals surface area contributed by atoms with Crippen molar-refractivity contribution in [2.75, 3.05) is 27.4 Å². The second kappa shape index (κ2) is 46.0. The fourth-order valence-electron chi connectivity index (χ4n) is 8.28. The first kappa shape index (κ1) is 63.9. The summed E-state index contributed by atoms with van der Waals surface area (Å²) in [5.74, 6) is -0.868. The number of esters is 4. The highest BCUT2D eigenvalue weighted by Crippen LogP contribution is 2.38. The van der Waals surface area contributed by atoms with Crippen molar-refractivity contribution in [3.63, 3.8) is 0 Å². The Bertz CT molecular complexity index is 1470. The third kappa shape index (κ3) is 36.7. The van der Waals surface area contributed by atoms with Crippen LogP contribution in [0, 0.1) is 5.92 Å². The molecule has 0 aliphatic rings. The average molecular weight is 983 g/mol. The second-order valence-corrected chi connectivity index (χ2v) is 19.3. The van der Waals surface area contributed by atoms with Crippen molar-refractivity contribution in [3.05, 3.63) is 42.0 Å². The van der Waals surface area contributed by atoms with Crippen LogP contribution in [0.4, 0.5) is 0 Å². The van der Waals surface area contributed by atoms with Gasteiger partial charge < -0.3 is 28.4 Å². The average Bonchev–Trinajstić information content (AvgIpc) is 3.35. The summed E-state index contributed by atoms with van der Waals surface area (Å²) in [4.78, 5) is 62.4. The second-order valence-electron chi connectivity index (χ2n) is 19.3. The van der Waals surface area contributed by atoms with E-state index < -0.39 is 18.0 Å².